The van der Waals surface area contributed by atoms with Crippen molar-refractivity contribution in [3.8, 4) is 0 Å². The predicted molar refractivity (Wildman–Crippen MR) is 107 cm³/mol. The Balaban J connectivity index is 2.12. The summed E-state index contributed by atoms with van der Waals surface area (Å²) in [5.74, 6) is 0. The van der Waals surface area contributed by atoms with Gasteiger partial charge in [0.05, 0.1) is 10.9 Å². The number of rotatable bonds is 4. The van der Waals surface area contributed by atoms with E-state index in [1.807, 2.05) is 5.51 Å². The van der Waals surface area contributed by atoms with E-state index in [-0.39, 0.29) is 0 Å². The van der Waals surface area contributed by atoms with Gasteiger partial charge in [-0.05, 0) is 36.4 Å². The van der Waals surface area contributed by atoms with E-state index in [1.165, 1.54) is 21.3 Å². The topological polar surface area (TPSA) is 12.9 Å². The van der Waals surface area contributed by atoms with Crippen molar-refractivity contribution in [1.82, 2.24) is 4.98 Å². The summed E-state index contributed by atoms with van der Waals surface area (Å²) in [6, 6.07) is 32.5. The van der Waals surface area contributed by atoms with Gasteiger partial charge in [0.2, 0.25) is 5.44 Å². The van der Waals surface area contributed by atoms with Gasteiger partial charge in [-0.25, -0.2) is 4.98 Å². The fraction of sp³-hybridized carbons (Fsp3) is 0. The molecule has 0 fully saturated rings. The fourth-order valence-corrected chi connectivity index (χ4v) is 8.26. The third kappa shape index (κ3) is 2.49. The van der Waals surface area contributed by atoms with Crippen LogP contribution in [0.25, 0.3) is 0 Å². The molecule has 4 rings (SSSR count). The van der Waals surface area contributed by atoms with E-state index in [2.05, 4.69) is 96.4 Å². The molecule has 0 amide bonds. The normalized spacial score (nSPS) is 11.3. The van der Waals surface area contributed by atoms with Crippen molar-refractivity contribution in [2.75, 3.05) is 0 Å². The maximum Gasteiger partial charge on any atom is 0.208 e. The first-order valence-corrected chi connectivity index (χ1v) is 10.6. The summed E-state index contributed by atoms with van der Waals surface area (Å²) in [5, 5.41) is 6.23. The summed E-state index contributed by atoms with van der Waals surface area (Å²) in [4.78, 5) is 4.79. The van der Waals surface area contributed by atoms with Gasteiger partial charge in [0, 0.05) is 0 Å². The van der Waals surface area contributed by atoms with Gasteiger partial charge in [-0.2, -0.15) is 0 Å². The van der Waals surface area contributed by atoms with Crippen molar-refractivity contribution >= 4 is 39.9 Å². The lowest BCUT2D eigenvalue weighted by atomic mass is 10.4. The standard InChI is InChI=1S/C21H17NPS/c1-4-10-18(11-5-1)23(21-16-24-17-22-21,19-12-6-2-7-13-19)20-14-8-3-9-15-20/h1-17H/q+1. The van der Waals surface area contributed by atoms with Gasteiger partial charge >= 0.3 is 0 Å². The van der Waals surface area contributed by atoms with E-state index in [4.69, 9.17) is 4.98 Å². The maximum absolute atomic E-state index is 4.79. The van der Waals surface area contributed by atoms with E-state index in [0.717, 1.165) is 0 Å². The van der Waals surface area contributed by atoms with Gasteiger partial charge in [-0.1, -0.05) is 54.6 Å². The molecule has 0 saturated heterocycles. The highest BCUT2D eigenvalue weighted by Crippen LogP contribution is 2.53. The van der Waals surface area contributed by atoms with Crippen LogP contribution in [-0.2, 0) is 0 Å². The highest BCUT2D eigenvalue weighted by Gasteiger charge is 2.49. The largest absolute Gasteiger partial charge is 0.210 e. The molecule has 116 valence electrons. The molecule has 0 N–H and O–H groups in total. The number of benzene rings is 3. The van der Waals surface area contributed by atoms with Crippen LogP contribution < -0.4 is 21.3 Å². The Bertz CT molecular complexity index is 794. The zero-order chi connectivity index (χ0) is 16.2. The summed E-state index contributed by atoms with van der Waals surface area (Å²) in [7, 11) is -1.96. The Morgan fingerprint density at radius 1 is 0.583 bits per heavy atom. The van der Waals surface area contributed by atoms with Crippen molar-refractivity contribution in [3.05, 3.63) is 102 Å². The minimum atomic E-state index is -1.96. The van der Waals surface area contributed by atoms with Gasteiger partial charge in [-0.3, -0.25) is 0 Å². The van der Waals surface area contributed by atoms with E-state index in [9.17, 15) is 0 Å². The van der Waals surface area contributed by atoms with Crippen LogP contribution in [0, 0.1) is 0 Å². The molecular formula is C21H17NPS+. The average Bonchev–Trinajstić information content (AvgIpc) is 3.20. The lowest BCUT2D eigenvalue weighted by Crippen LogP contribution is -2.39. The van der Waals surface area contributed by atoms with Crippen LogP contribution in [0.3, 0.4) is 0 Å². The van der Waals surface area contributed by atoms with Crippen LogP contribution in [0.1, 0.15) is 0 Å². The van der Waals surface area contributed by atoms with E-state index < -0.39 is 7.26 Å². The molecular weight excluding hydrogens is 329 g/mol. The Kier molecular flexibility index (Phi) is 4.25. The molecule has 1 aromatic heterocycles. The highest BCUT2D eigenvalue weighted by molar-refractivity contribution is 8.01. The first kappa shape index (κ1) is 15.3. The van der Waals surface area contributed by atoms with Gasteiger partial charge < -0.3 is 0 Å². The van der Waals surface area contributed by atoms with E-state index in [1.54, 1.807) is 11.3 Å². The lowest BCUT2D eigenvalue weighted by molar-refractivity contribution is 1.49. The molecule has 0 aliphatic heterocycles. The Morgan fingerprint density at radius 3 is 1.33 bits per heavy atom. The van der Waals surface area contributed by atoms with Crippen LogP contribution in [0.4, 0.5) is 0 Å². The third-order valence-corrected chi connectivity index (χ3v) is 9.10. The first-order valence-electron chi connectivity index (χ1n) is 7.87. The van der Waals surface area contributed by atoms with Gasteiger partial charge in [-0.15, -0.1) is 11.3 Å². The fourth-order valence-electron chi connectivity index (χ4n) is 3.17. The van der Waals surface area contributed by atoms with Gasteiger partial charge in [0.1, 0.15) is 15.9 Å². The number of thiazole rings is 1. The second kappa shape index (κ2) is 6.68. The van der Waals surface area contributed by atoms with Crippen LogP contribution in [0.2, 0.25) is 0 Å². The number of hydrogen-bond acceptors (Lipinski definition) is 2. The molecule has 1 heterocycles. The summed E-state index contributed by atoms with van der Waals surface area (Å²) in [5.41, 5.74) is 3.12. The quantitative estimate of drug-likeness (QED) is 0.513. The summed E-state index contributed by atoms with van der Waals surface area (Å²) >= 11 is 1.67. The molecule has 0 aliphatic carbocycles. The molecule has 0 radical (unpaired) electrons. The number of aromatic nitrogens is 1. The maximum atomic E-state index is 4.79. The number of nitrogens with zero attached hydrogens (tertiary/aromatic N) is 1. The molecule has 24 heavy (non-hydrogen) atoms. The zero-order valence-electron chi connectivity index (χ0n) is 13.1. The predicted octanol–water partition coefficient (Wildman–Crippen LogP) is 3.76. The Morgan fingerprint density at radius 2 is 1.00 bits per heavy atom. The van der Waals surface area contributed by atoms with Crippen LogP contribution in [0.15, 0.2) is 102 Å². The van der Waals surface area contributed by atoms with E-state index >= 15 is 0 Å². The molecule has 1 nitrogen and oxygen atoms in total. The molecule has 0 atom stereocenters. The van der Waals surface area contributed by atoms with Gasteiger partial charge in [0.15, 0.2) is 7.26 Å². The lowest BCUT2D eigenvalue weighted by Gasteiger charge is -2.25. The monoisotopic (exact) mass is 346 g/mol. The van der Waals surface area contributed by atoms with Gasteiger partial charge in [0.25, 0.3) is 0 Å². The summed E-state index contributed by atoms with van der Waals surface area (Å²) in [6.07, 6.45) is 0. The molecule has 0 saturated carbocycles. The average molecular weight is 346 g/mol. The Labute approximate surface area is 147 Å². The van der Waals surface area contributed by atoms with Crippen molar-refractivity contribution in [2.24, 2.45) is 0 Å². The summed E-state index contributed by atoms with van der Waals surface area (Å²) in [6.45, 7) is 0. The first-order chi connectivity index (χ1) is 11.9. The molecule has 0 aliphatic rings. The van der Waals surface area contributed by atoms with Crippen molar-refractivity contribution < 1.29 is 0 Å². The Hall–Kier alpha value is -2.28. The van der Waals surface area contributed by atoms with Crippen molar-refractivity contribution in [2.45, 2.75) is 0 Å². The molecule has 3 heteroatoms. The minimum absolute atomic E-state index is 1.18. The number of hydrogen-bond donors (Lipinski definition) is 0. The minimum Gasteiger partial charge on any atom is -0.210 e. The van der Waals surface area contributed by atoms with E-state index in [0.29, 0.717) is 0 Å². The smallest absolute Gasteiger partial charge is 0.208 e. The molecule has 0 unspecified atom stereocenters. The molecule has 0 spiro atoms. The molecule has 4 aromatic rings. The van der Waals surface area contributed by atoms with Crippen LogP contribution in [0.5, 0.6) is 0 Å². The second-order valence-electron chi connectivity index (χ2n) is 5.52. The SMILES string of the molecule is c1ccc([P+](c2ccccc2)(c2ccccc2)c2cscn2)cc1. The zero-order valence-corrected chi connectivity index (χ0v) is 14.8. The van der Waals surface area contributed by atoms with Crippen LogP contribution >= 0.6 is 18.6 Å². The third-order valence-electron chi connectivity index (χ3n) is 4.19. The van der Waals surface area contributed by atoms with Crippen molar-refractivity contribution in [3.63, 3.8) is 0 Å². The second-order valence-corrected chi connectivity index (χ2v) is 9.59. The van der Waals surface area contributed by atoms with Crippen LogP contribution in [-0.4, -0.2) is 4.98 Å². The molecule has 0 bridgehead atoms. The molecule has 3 aromatic carbocycles. The summed E-state index contributed by atoms with van der Waals surface area (Å²) < 4.78 is 0. The highest BCUT2D eigenvalue weighted by atomic mass is 32.1. The van der Waals surface area contributed by atoms with Crippen molar-refractivity contribution in [1.29, 1.82) is 0 Å².